The first-order valence-electron chi connectivity index (χ1n) is 10.6. The quantitative estimate of drug-likeness (QED) is 0.473. The Bertz CT molecular complexity index is 1240. The van der Waals surface area contributed by atoms with E-state index in [4.69, 9.17) is 0 Å². The molecular weight excluding hydrogens is 425 g/mol. The number of carbonyl (C=O) groups is 1. The van der Waals surface area contributed by atoms with E-state index in [2.05, 4.69) is 20.2 Å². The fourth-order valence-corrected chi connectivity index (χ4v) is 5.06. The fraction of sp³-hybridized carbons (Fsp3) is 0.250. The summed E-state index contributed by atoms with van der Waals surface area (Å²) in [6.45, 7) is 2.57. The van der Waals surface area contributed by atoms with Gasteiger partial charge in [-0.25, -0.2) is 14.4 Å². The van der Waals surface area contributed by atoms with Gasteiger partial charge in [0.2, 0.25) is 0 Å². The second kappa shape index (κ2) is 8.63. The van der Waals surface area contributed by atoms with Crippen molar-refractivity contribution < 1.29 is 9.18 Å². The molecule has 2 aromatic carbocycles. The summed E-state index contributed by atoms with van der Waals surface area (Å²) >= 11 is 1.46. The van der Waals surface area contributed by atoms with Gasteiger partial charge in [0.15, 0.2) is 5.82 Å². The van der Waals surface area contributed by atoms with Gasteiger partial charge in [0.25, 0.3) is 5.91 Å². The van der Waals surface area contributed by atoms with Crippen molar-refractivity contribution in [3.8, 4) is 21.8 Å². The highest BCUT2D eigenvalue weighted by Crippen LogP contribution is 2.33. The standard InChI is InChI=1S/C24H22FN5OS/c1-15-26-21(22(32-15)16-9-11-18(25)12-10-16)24(31)30-13-5-8-19(30)14-20-27-23(29-28-20)17-6-3-2-4-7-17/h2-4,6-7,9-12,19H,5,8,13-14H2,1H3,(H,27,28,29). The molecule has 6 nitrogen and oxygen atoms in total. The van der Waals surface area contributed by atoms with E-state index in [-0.39, 0.29) is 17.8 Å². The van der Waals surface area contributed by atoms with Crippen LogP contribution in [0.4, 0.5) is 4.39 Å². The number of benzene rings is 2. The lowest BCUT2D eigenvalue weighted by atomic mass is 10.1. The van der Waals surface area contributed by atoms with E-state index in [1.165, 1.54) is 23.5 Å². The minimum absolute atomic E-state index is 0.0298. The maximum Gasteiger partial charge on any atom is 0.274 e. The van der Waals surface area contributed by atoms with Gasteiger partial charge in [-0.2, -0.15) is 5.10 Å². The monoisotopic (exact) mass is 447 g/mol. The molecule has 32 heavy (non-hydrogen) atoms. The van der Waals surface area contributed by atoms with Crippen LogP contribution in [0, 0.1) is 12.7 Å². The molecule has 1 aliphatic heterocycles. The summed E-state index contributed by atoms with van der Waals surface area (Å²) in [5.41, 5.74) is 2.20. The van der Waals surface area contributed by atoms with Crippen LogP contribution in [-0.4, -0.2) is 43.6 Å². The Hall–Kier alpha value is -3.39. The molecule has 162 valence electrons. The number of aromatic amines is 1. The minimum Gasteiger partial charge on any atom is -0.334 e. The zero-order valence-corrected chi connectivity index (χ0v) is 18.4. The van der Waals surface area contributed by atoms with E-state index in [0.29, 0.717) is 24.5 Å². The van der Waals surface area contributed by atoms with E-state index in [0.717, 1.165) is 39.7 Å². The van der Waals surface area contributed by atoms with E-state index in [1.54, 1.807) is 12.1 Å². The lowest BCUT2D eigenvalue weighted by Gasteiger charge is -2.23. The third kappa shape index (κ3) is 4.05. The number of H-pyrrole nitrogens is 1. The molecule has 1 amide bonds. The highest BCUT2D eigenvalue weighted by Gasteiger charge is 2.33. The molecule has 1 N–H and O–H groups in total. The fourth-order valence-electron chi connectivity index (χ4n) is 4.15. The van der Waals surface area contributed by atoms with Gasteiger partial charge in [0, 0.05) is 24.6 Å². The molecule has 8 heteroatoms. The summed E-state index contributed by atoms with van der Waals surface area (Å²) < 4.78 is 13.4. The van der Waals surface area contributed by atoms with Crippen LogP contribution in [0.1, 0.15) is 34.2 Å². The Morgan fingerprint density at radius 3 is 2.69 bits per heavy atom. The van der Waals surface area contributed by atoms with Crippen LogP contribution in [0.25, 0.3) is 21.8 Å². The number of nitrogens with zero attached hydrogens (tertiary/aromatic N) is 4. The number of aryl methyl sites for hydroxylation is 1. The summed E-state index contributed by atoms with van der Waals surface area (Å²) in [7, 11) is 0. The van der Waals surface area contributed by atoms with Gasteiger partial charge >= 0.3 is 0 Å². The van der Waals surface area contributed by atoms with Crippen molar-refractivity contribution in [2.24, 2.45) is 0 Å². The molecule has 4 aromatic rings. The van der Waals surface area contributed by atoms with Crippen molar-refractivity contribution in [3.05, 3.63) is 76.9 Å². The summed E-state index contributed by atoms with van der Waals surface area (Å²) in [5, 5.41) is 8.18. The molecule has 1 saturated heterocycles. The van der Waals surface area contributed by atoms with Gasteiger partial charge in [-0.05, 0) is 37.5 Å². The Labute approximate surface area is 189 Å². The largest absolute Gasteiger partial charge is 0.334 e. The number of rotatable bonds is 5. The number of halogens is 1. The number of aromatic nitrogens is 4. The SMILES string of the molecule is Cc1nc(C(=O)N2CCCC2Cc2nc(-c3ccccc3)n[nH]2)c(-c2ccc(F)cc2)s1. The third-order valence-electron chi connectivity index (χ3n) is 5.67. The highest BCUT2D eigenvalue weighted by atomic mass is 32.1. The van der Waals surface area contributed by atoms with Crippen molar-refractivity contribution >= 4 is 17.2 Å². The van der Waals surface area contributed by atoms with Crippen LogP contribution in [0.3, 0.4) is 0 Å². The van der Waals surface area contributed by atoms with Crippen molar-refractivity contribution in [1.82, 2.24) is 25.1 Å². The van der Waals surface area contributed by atoms with Gasteiger partial charge in [-0.1, -0.05) is 42.5 Å². The number of hydrogen-bond donors (Lipinski definition) is 1. The molecule has 2 aromatic heterocycles. The predicted molar refractivity (Wildman–Crippen MR) is 122 cm³/mol. The number of hydrogen-bond acceptors (Lipinski definition) is 5. The summed E-state index contributed by atoms with van der Waals surface area (Å²) in [5.74, 6) is 1.04. The van der Waals surface area contributed by atoms with E-state index in [1.807, 2.05) is 42.2 Å². The van der Waals surface area contributed by atoms with Crippen LogP contribution in [0.15, 0.2) is 54.6 Å². The van der Waals surface area contributed by atoms with Crippen LogP contribution >= 0.6 is 11.3 Å². The second-order valence-electron chi connectivity index (χ2n) is 7.89. The van der Waals surface area contributed by atoms with Gasteiger partial charge in [0.05, 0.1) is 9.88 Å². The Morgan fingerprint density at radius 2 is 1.91 bits per heavy atom. The molecule has 0 bridgehead atoms. The van der Waals surface area contributed by atoms with Crippen molar-refractivity contribution in [1.29, 1.82) is 0 Å². The van der Waals surface area contributed by atoms with Crippen LogP contribution in [0.5, 0.6) is 0 Å². The van der Waals surface area contributed by atoms with Crippen LogP contribution < -0.4 is 0 Å². The van der Waals surface area contributed by atoms with E-state index < -0.39 is 0 Å². The molecule has 1 fully saturated rings. The highest BCUT2D eigenvalue weighted by molar-refractivity contribution is 7.15. The Balaban J connectivity index is 1.37. The Kier molecular flexibility index (Phi) is 5.53. The van der Waals surface area contributed by atoms with Crippen LogP contribution in [-0.2, 0) is 6.42 Å². The maximum absolute atomic E-state index is 13.5. The molecule has 1 aliphatic rings. The van der Waals surface area contributed by atoms with Gasteiger partial charge in [0.1, 0.15) is 17.3 Å². The van der Waals surface area contributed by atoms with Gasteiger partial charge < -0.3 is 4.90 Å². The third-order valence-corrected chi connectivity index (χ3v) is 6.69. The van der Waals surface area contributed by atoms with Crippen molar-refractivity contribution in [2.75, 3.05) is 6.54 Å². The normalized spacial score (nSPS) is 15.9. The first-order valence-corrected chi connectivity index (χ1v) is 11.4. The molecule has 0 saturated carbocycles. The van der Waals surface area contributed by atoms with Crippen molar-refractivity contribution in [2.45, 2.75) is 32.2 Å². The average molecular weight is 448 g/mol. The molecule has 3 heterocycles. The number of amides is 1. The van der Waals surface area contributed by atoms with E-state index >= 15 is 0 Å². The molecular formula is C24H22FN5OS. The summed E-state index contributed by atoms with van der Waals surface area (Å²) in [6.07, 6.45) is 2.45. The number of thiazole rings is 1. The summed E-state index contributed by atoms with van der Waals surface area (Å²) in [6, 6.07) is 16.0. The average Bonchev–Trinajstić information content (AvgIpc) is 3.55. The molecule has 0 radical (unpaired) electrons. The number of carbonyl (C=O) groups excluding carboxylic acids is 1. The molecule has 1 unspecified atom stereocenters. The first-order chi connectivity index (χ1) is 15.6. The Morgan fingerprint density at radius 1 is 1.12 bits per heavy atom. The second-order valence-corrected chi connectivity index (χ2v) is 9.09. The topological polar surface area (TPSA) is 74.8 Å². The lowest BCUT2D eigenvalue weighted by Crippen LogP contribution is -2.37. The zero-order chi connectivity index (χ0) is 22.1. The predicted octanol–water partition coefficient (Wildman–Crippen LogP) is 4.89. The van der Waals surface area contributed by atoms with Crippen LogP contribution in [0.2, 0.25) is 0 Å². The minimum atomic E-state index is -0.301. The summed E-state index contributed by atoms with van der Waals surface area (Å²) in [4.78, 5) is 25.3. The molecule has 5 rings (SSSR count). The lowest BCUT2D eigenvalue weighted by molar-refractivity contribution is 0.0731. The van der Waals surface area contributed by atoms with Gasteiger partial charge in [-0.3, -0.25) is 9.89 Å². The number of likely N-dealkylation sites (tertiary alicyclic amines) is 1. The zero-order valence-electron chi connectivity index (χ0n) is 17.6. The molecule has 0 aliphatic carbocycles. The maximum atomic E-state index is 13.5. The smallest absolute Gasteiger partial charge is 0.274 e. The number of nitrogens with one attached hydrogen (secondary N) is 1. The van der Waals surface area contributed by atoms with Crippen molar-refractivity contribution in [3.63, 3.8) is 0 Å². The molecule has 0 spiro atoms. The van der Waals surface area contributed by atoms with Gasteiger partial charge in [-0.15, -0.1) is 11.3 Å². The first kappa shape index (κ1) is 20.5. The molecule has 1 atom stereocenters. The van der Waals surface area contributed by atoms with E-state index in [9.17, 15) is 9.18 Å².